The fourth-order valence-corrected chi connectivity index (χ4v) is 11.5. The van der Waals surface area contributed by atoms with Crippen LogP contribution in [0.4, 0.5) is 37.7 Å². The number of methoxy groups -OCH3 is 2. The van der Waals surface area contributed by atoms with Crippen LogP contribution in [0.15, 0.2) is 109 Å². The highest BCUT2D eigenvalue weighted by molar-refractivity contribution is 6.01. The summed E-state index contributed by atoms with van der Waals surface area (Å²) in [6.07, 6.45) is -7.23. The maximum atomic E-state index is 14.3. The van der Waals surface area contributed by atoms with E-state index < -0.39 is 35.6 Å². The van der Waals surface area contributed by atoms with Crippen molar-refractivity contribution in [2.75, 3.05) is 77.3 Å². The molecule has 0 radical (unpaired) electrons. The van der Waals surface area contributed by atoms with E-state index in [1.165, 1.54) is 41.9 Å². The molecular formula is C62H66F6N12O8. The van der Waals surface area contributed by atoms with E-state index in [2.05, 4.69) is 30.8 Å². The van der Waals surface area contributed by atoms with Gasteiger partial charge in [0.15, 0.2) is 22.7 Å². The number of rotatable bonds is 14. The first-order valence-corrected chi connectivity index (χ1v) is 28.1. The Labute approximate surface area is 502 Å². The summed E-state index contributed by atoms with van der Waals surface area (Å²) in [5.74, 6) is -0.295. The van der Waals surface area contributed by atoms with E-state index in [0.717, 1.165) is 23.5 Å². The number of fused-ring (bicyclic) bond motifs is 2. The number of nitrogens with one attached hydrogen (secondary N) is 2. The van der Waals surface area contributed by atoms with Crippen LogP contribution in [-0.2, 0) is 21.9 Å². The molecule has 4 amide bonds. The molecule has 0 saturated carbocycles. The fourth-order valence-electron chi connectivity index (χ4n) is 11.5. The molecule has 6 heterocycles. The van der Waals surface area contributed by atoms with Crippen LogP contribution in [0.3, 0.4) is 0 Å². The van der Waals surface area contributed by atoms with Crippen molar-refractivity contribution in [2.24, 2.45) is 0 Å². The van der Waals surface area contributed by atoms with Gasteiger partial charge in [-0.05, 0) is 112 Å². The summed E-state index contributed by atoms with van der Waals surface area (Å²) in [4.78, 5) is 67.1. The second-order valence-corrected chi connectivity index (χ2v) is 21.6. The Kier molecular flexibility index (Phi) is 18.9. The molecule has 10 rings (SSSR count). The number of hydrogen-bond acceptors (Lipinski definition) is 14. The lowest BCUT2D eigenvalue weighted by molar-refractivity contribution is -0.144. The monoisotopic (exact) mass is 1220 g/mol. The second-order valence-electron chi connectivity index (χ2n) is 21.6. The summed E-state index contributed by atoms with van der Waals surface area (Å²) in [5.41, 5.74) is 1.22. The van der Waals surface area contributed by atoms with Gasteiger partial charge < -0.3 is 40.1 Å². The van der Waals surface area contributed by atoms with Crippen LogP contribution in [-0.4, -0.2) is 161 Å². The summed E-state index contributed by atoms with van der Waals surface area (Å²) in [5, 5.41) is 34.0. The molecule has 0 aliphatic carbocycles. The molecule has 4 aromatic carbocycles. The number of ether oxygens (including phenoxy) is 2. The number of piperazine rings is 2. The third-order valence-electron chi connectivity index (χ3n) is 15.7. The standard InChI is InChI=1S/2C31H33F3N6O4/c2*1-18-16-38(26(17-41)22-6-5-7-23(14-22)36-20(3)42)12-13-39(18)30(43)25-15-35-40-28(31(32,33)34)19(2)27(37-29(25)40)21-8-10-24(44-4)11-9-21/h2*5-11,14-15,18,26,41H,12-13,16-17H2,1-4H3,(H,36,42)/t18-,26+;18-,26-/m11/s1. The van der Waals surface area contributed by atoms with Crippen molar-refractivity contribution >= 4 is 46.3 Å². The Morgan fingerprint density at radius 1 is 0.580 bits per heavy atom. The molecule has 2 aliphatic rings. The van der Waals surface area contributed by atoms with Crippen LogP contribution in [0, 0.1) is 13.8 Å². The van der Waals surface area contributed by atoms with Crippen molar-refractivity contribution in [1.82, 2.24) is 48.8 Å². The molecule has 8 aromatic rings. The highest BCUT2D eigenvalue weighted by Crippen LogP contribution is 2.40. The predicted octanol–water partition coefficient (Wildman–Crippen LogP) is 9.14. The van der Waals surface area contributed by atoms with Gasteiger partial charge in [0, 0.05) is 98.8 Å². The molecule has 0 spiro atoms. The summed E-state index contributed by atoms with van der Waals surface area (Å²) >= 11 is 0. The molecule has 26 heteroatoms. The average molecular weight is 1220 g/mol. The van der Waals surface area contributed by atoms with Gasteiger partial charge in [0.1, 0.15) is 22.6 Å². The molecule has 464 valence electrons. The first kappa shape index (κ1) is 63.5. The molecule has 88 heavy (non-hydrogen) atoms. The first-order chi connectivity index (χ1) is 41.8. The third-order valence-corrected chi connectivity index (χ3v) is 15.7. The minimum Gasteiger partial charge on any atom is -0.497 e. The molecule has 0 unspecified atom stereocenters. The van der Waals surface area contributed by atoms with Crippen LogP contribution in [0.2, 0.25) is 0 Å². The van der Waals surface area contributed by atoms with Crippen LogP contribution in [0.25, 0.3) is 33.8 Å². The van der Waals surface area contributed by atoms with Crippen molar-refractivity contribution in [2.45, 2.75) is 78.1 Å². The number of benzene rings is 4. The Hall–Kier alpha value is -8.98. The van der Waals surface area contributed by atoms with E-state index in [0.29, 0.717) is 69.2 Å². The smallest absolute Gasteiger partial charge is 0.433 e. The number of carbonyl (C=O) groups is 4. The topological polar surface area (TPSA) is 225 Å². The lowest BCUT2D eigenvalue weighted by Crippen LogP contribution is -2.55. The van der Waals surface area contributed by atoms with Gasteiger partial charge in [-0.1, -0.05) is 24.3 Å². The zero-order chi connectivity index (χ0) is 63.5. The maximum absolute atomic E-state index is 14.3. The van der Waals surface area contributed by atoms with Crippen molar-refractivity contribution in [3.63, 3.8) is 0 Å². The normalized spacial score (nSPS) is 16.6. The van der Waals surface area contributed by atoms with Gasteiger partial charge in [-0.15, -0.1) is 0 Å². The van der Waals surface area contributed by atoms with Crippen molar-refractivity contribution < 1.29 is 65.2 Å². The Balaban J connectivity index is 0.000000209. The molecule has 2 saturated heterocycles. The molecule has 4 atom stereocenters. The lowest BCUT2D eigenvalue weighted by atomic mass is 10.0. The number of alkyl halides is 6. The molecule has 2 fully saturated rings. The fraction of sp³-hybridized carbons (Fsp3) is 0.355. The van der Waals surface area contributed by atoms with Crippen LogP contribution in [0.5, 0.6) is 11.5 Å². The van der Waals surface area contributed by atoms with Crippen LogP contribution < -0.4 is 20.1 Å². The Morgan fingerprint density at radius 2 is 0.943 bits per heavy atom. The predicted molar refractivity (Wildman–Crippen MR) is 315 cm³/mol. The summed E-state index contributed by atoms with van der Waals surface area (Å²) in [6, 6.07) is 26.0. The number of halogens is 6. The number of carbonyl (C=O) groups excluding carboxylic acids is 4. The number of aliphatic hydroxyl groups is 2. The quantitative estimate of drug-likeness (QED) is 0.0746. The van der Waals surface area contributed by atoms with E-state index >= 15 is 0 Å². The zero-order valence-electron chi connectivity index (χ0n) is 49.4. The Morgan fingerprint density at radius 3 is 1.25 bits per heavy atom. The van der Waals surface area contributed by atoms with Crippen LogP contribution >= 0.6 is 0 Å². The second kappa shape index (κ2) is 26.2. The van der Waals surface area contributed by atoms with Gasteiger partial charge in [0.2, 0.25) is 11.8 Å². The van der Waals surface area contributed by atoms with E-state index in [-0.39, 0.29) is 107 Å². The van der Waals surface area contributed by atoms with E-state index in [9.17, 15) is 55.7 Å². The molecule has 4 aromatic heterocycles. The van der Waals surface area contributed by atoms with Crippen LogP contribution in [0.1, 0.15) is 94.1 Å². The molecule has 4 N–H and O–H groups in total. The van der Waals surface area contributed by atoms with E-state index in [1.807, 2.05) is 35.8 Å². The number of amides is 4. The molecular weight excluding hydrogens is 1150 g/mol. The molecule has 2 aliphatic heterocycles. The minimum absolute atomic E-state index is 0.0349. The summed E-state index contributed by atoms with van der Waals surface area (Å²) in [6.45, 7) is 11.0. The summed E-state index contributed by atoms with van der Waals surface area (Å²) < 4.78 is 97.8. The highest BCUT2D eigenvalue weighted by Gasteiger charge is 2.42. The molecule has 0 bridgehead atoms. The number of hydrogen-bond donors (Lipinski definition) is 4. The van der Waals surface area contributed by atoms with Crippen molar-refractivity contribution in [3.05, 3.63) is 154 Å². The van der Waals surface area contributed by atoms with E-state index in [4.69, 9.17) is 9.47 Å². The van der Waals surface area contributed by atoms with Gasteiger partial charge in [-0.3, -0.25) is 29.0 Å². The average Bonchev–Trinajstić information content (AvgIpc) is 1.61. The van der Waals surface area contributed by atoms with Crippen molar-refractivity contribution in [3.8, 4) is 34.0 Å². The van der Waals surface area contributed by atoms with Gasteiger partial charge in [-0.25, -0.2) is 19.0 Å². The number of nitrogens with zero attached hydrogens (tertiary/aromatic N) is 10. The number of aliphatic hydroxyl groups excluding tert-OH is 2. The minimum atomic E-state index is -4.76. The van der Waals surface area contributed by atoms with Gasteiger partial charge in [0.05, 0.1) is 63.3 Å². The third kappa shape index (κ3) is 13.3. The molecule has 20 nitrogen and oxygen atoms in total. The first-order valence-electron chi connectivity index (χ1n) is 28.1. The van der Waals surface area contributed by atoms with Gasteiger partial charge in [0.25, 0.3) is 11.8 Å². The highest BCUT2D eigenvalue weighted by atomic mass is 19.4. The summed E-state index contributed by atoms with van der Waals surface area (Å²) in [7, 11) is 2.99. The van der Waals surface area contributed by atoms with Gasteiger partial charge >= 0.3 is 12.4 Å². The number of anilines is 2. The lowest BCUT2D eigenvalue weighted by Gasteiger charge is -2.43. The Bertz CT molecular complexity index is 3630. The number of aromatic nitrogens is 6. The largest absolute Gasteiger partial charge is 0.497 e. The van der Waals surface area contributed by atoms with Crippen molar-refractivity contribution in [1.29, 1.82) is 0 Å². The maximum Gasteiger partial charge on any atom is 0.433 e. The van der Waals surface area contributed by atoms with E-state index in [1.54, 1.807) is 94.7 Å². The SMILES string of the molecule is COc1ccc(-c2nc3c(C(=O)N4CCN([C@@H](CO)c5cccc(NC(C)=O)c5)C[C@H]4C)cnn3c(C(F)(F)F)c2C)cc1.COc1ccc(-c2nc3c(C(=O)N4CCN([C@H](CO)c5cccc(NC(C)=O)c5)C[C@H]4C)cnn3c(C(F)(F)F)c2C)cc1. The van der Waals surface area contributed by atoms with Gasteiger partial charge in [-0.2, -0.15) is 36.5 Å². The zero-order valence-corrected chi connectivity index (χ0v) is 49.4.